The van der Waals surface area contributed by atoms with Crippen LogP contribution in [-0.4, -0.2) is 22.7 Å². The predicted octanol–water partition coefficient (Wildman–Crippen LogP) is 1.26. The molecule has 2 N–H and O–H groups in total. The van der Waals surface area contributed by atoms with Crippen molar-refractivity contribution in [1.82, 2.24) is 10.3 Å². The van der Waals surface area contributed by atoms with Crippen LogP contribution in [-0.2, 0) is 0 Å². The Hall–Kier alpha value is -0.930. The van der Waals surface area contributed by atoms with Gasteiger partial charge in [-0.05, 0) is 31.5 Å². The molecule has 0 amide bonds. The highest BCUT2D eigenvalue weighted by Crippen LogP contribution is 2.20. The molecule has 0 radical (unpaired) electrons. The molecule has 2 heterocycles. The van der Waals surface area contributed by atoms with Gasteiger partial charge in [0.25, 0.3) is 0 Å². The molecule has 3 nitrogen and oxygen atoms in total. The van der Waals surface area contributed by atoms with E-state index in [1.165, 1.54) is 12.8 Å². The molecule has 2 unspecified atom stereocenters. The molecule has 2 atom stereocenters. The maximum absolute atomic E-state index is 10.0. The van der Waals surface area contributed by atoms with Crippen LogP contribution in [0, 0.1) is 0 Å². The summed E-state index contributed by atoms with van der Waals surface area (Å²) >= 11 is 0. The molecule has 1 aliphatic rings. The second kappa shape index (κ2) is 4.53. The van der Waals surface area contributed by atoms with Gasteiger partial charge >= 0.3 is 0 Å². The third-order valence-electron chi connectivity index (χ3n) is 2.72. The molecule has 1 saturated heterocycles. The van der Waals surface area contributed by atoms with Crippen molar-refractivity contribution in [2.75, 3.05) is 6.54 Å². The molecule has 14 heavy (non-hydrogen) atoms. The second-order valence-corrected chi connectivity index (χ2v) is 3.76. The third-order valence-corrected chi connectivity index (χ3v) is 2.72. The number of aromatic nitrogens is 1. The number of pyridine rings is 1. The standard InChI is InChI=1S/C11H16N2O/c14-11(9-5-1-3-7-12-9)10-6-2-4-8-13-10/h1,3,5,7,10-11,13-14H,2,4,6,8H2. The van der Waals surface area contributed by atoms with Crippen LogP contribution in [0.1, 0.15) is 31.1 Å². The zero-order valence-corrected chi connectivity index (χ0v) is 8.19. The summed E-state index contributed by atoms with van der Waals surface area (Å²) in [6.45, 7) is 1.01. The first-order valence-electron chi connectivity index (χ1n) is 5.20. The fraction of sp³-hybridized carbons (Fsp3) is 0.545. The summed E-state index contributed by atoms with van der Waals surface area (Å²) in [7, 11) is 0. The normalized spacial score (nSPS) is 24.5. The lowest BCUT2D eigenvalue weighted by molar-refractivity contribution is 0.110. The highest BCUT2D eigenvalue weighted by Gasteiger charge is 2.22. The zero-order chi connectivity index (χ0) is 9.80. The lowest BCUT2D eigenvalue weighted by Gasteiger charge is -2.27. The van der Waals surface area contributed by atoms with Crippen LogP contribution in [0.3, 0.4) is 0 Å². The molecule has 2 rings (SSSR count). The summed E-state index contributed by atoms with van der Waals surface area (Å²) < 4.78 is 0. The van der Waals surface area contributed by atoms with Crippen LogP contribution in [0.25, 0.3) is 0 Å². The average Bonchev–Trinajstić information content (AvgIpc) is 2.30. The number of rotatable bonds is 2. The molecule has 0 aliphatic carbocycles. The molecule has 0 bridgehead atoms. The smallest absolute Gasteiger partial charge is 0.111 e. The molecule has 1 aromatic heterocycles. The first-order chi connectivity index (χ1) is 6.88. The summed E-state index contributed by atoms with van der Waals surface area (Å²) in [4.78, 5) is 4.16. The topological polar surface area (TPSA) is 45.2 Å². The van der Waals surface area contributed by atoms with Gasteiger partial charge in [-0.3, -0.25) is 4.98 Å². The van der Waals surface area contributed by atoms with E-state index in [0.29, 0.717) is 0 Å². The van der Waals surface area contributed by atoms with Gasteiger partial charge in [0.2, 0.25) is 0 Å². The zero-order valence-electron chi connectivity index (χ0n) is 8.19. The Morgan fingerprint density at radius 1 is 1.43 bits per heavy atom. The van der Waals surface area contributed by atoms with E-state index in [-0.39, 0.29) is 6.04 Å². The van der Waals surface area contributed by atoms with Crippen LogP contribution >= 0.6 is 0 Å². The summed E-state index contributed by atoms with van der Waals surface area (Å²) in [6, 6.07) is 5.83. The number of nitrogens with zero attached hydrogens (tertiary/aromatic N) is 1. The molecule has 3 heteroatoms. The minimum Gasteiger partial charge on any atom is -0.385 e. The SMILES string of the molecule is OC(c1ccccn1)C1CCCCN1. The minimum atomic E-state index is -0.462. The van der Waals surface area contributed by atoms with E-state index in [4.69, 9.17) is 0 Å². The highest BCUT2D eigenvalue weighted by molar-refractivity contribution is 5.09. The van der Waals surface area contributed by atoms with Gasteiger partial charge in [-0.1, -0.05) is 12.5 Å². The lowest BCUT2D eigenvalue weighted by atomic mass is 9.98. The van der Waals surface area contributed by atoms with Crippen molar-refractivity contribution in [2.45, 2.75) is 31.4 Å². The number of aliphatic hydroxyl groups excluding tert-OH is 1. The Kier molecular flexibility index (Phi) is 3.11. The van der Waals surface area contributed by atoms with Gasteiger partial charge in [-0.25, -0.2) is 0 Å². The molecule has 0 saturated carbocycles. The molecular weight excluding hydrogens is 176 g/mol. The van der Waals surface area contributed by atoms with E-state index in [9.17, 15) is 5.11 Å². The van der Waals surface area contributed by atoms with E-state index in [1.54, 1.807) is 6.20 Å². The van der Waals surface area contributed by atoms with Crippen LogP contribution < -0.4 is 5.32 Å². The van der Waals surface area contributed by atoms with Gasteiger partial charge in [0.1, 0.15) is 6.10 Å². The fourth-order valence-corrected chi connectivity index (χ4v) is 1.91. The van der Waals surface area contributed by atoms with E-state index in [0.717, 1.165) is 18.7 Å². The molecule has 76 valence electrons. The predicted molar refractivity (Wildman–Crippen MR) is 54.8 cm³/mol. The van der Waals surface area contributed by atoms with E-state index in [2.05, 4.69) is 10.3 Å². The molecule has 1 aliphatic heterocycles. The monoisotopic (exact) mass is 192 g/mol. The molecule has 0 spiro atoms. The van der Waals surface area contributed by atoms with Crippen LogP contribution in [0.2, 0.25) is 0 Å². The first kappa shape index (κ1) is 9.62. The highest BCUT2D eigenvalue weighted by atomic mass is 16.3. The van der Waals surface area contributed by atoms with Gasteiger partial charge < -0.3 is 10.4 Å². The van der Waals surface area contributed by atoms with Gasteiger partial charge in [-0.2, -0.15) is 0 Å². The van der Waals surface area contributed by atoms with Crippen molar-refractivity contribution in [3.05, 3.63) is 30.1 Å². The number of nitrogens with one attached hydrogen (secondary N) is 1. The summed E-state index contributed by atoms with van der Waals surface area (Å²) in [5.41, 5.74) is 0.770. The summed E-state index contributed by atoms with van der Waals surface area (Å²) in [6.07, 6.45) is 4.71. The third kappa shape index (κ3) is 2.11. The lowest BCUT2D eigenvalue weighted by Crippen LogP contribution is -2.39. The van der Waals surface area contributed by atoms with E-state index < -0.39 is 6.10 Å². The van der Waals surface area contributed by atoms with Crippen molar-refractivity contribution in [1.29, 1.82) is 0 Å². The fourth-order valence-electron chi connectivity index (χ4n) is 1.91. The van der Waals surface area contributed by atoms with Gasteiger partial charge in [0.15, 0.2) is 0 Å². The Morgan fingerprint density at radius 2 is 2.36 bits per heavy atom. The maximum Gasteiger partial charge on any atom is 0.111 e. The van der Waals surface area contributed by atoms with Gasteiger partial charge in [-0.15, -0.1) is 0 Å². The Balaban J connectivity index is 2.03. The largest absolute Gasteiger partial charge is 0.385 e. The molecular formula is C11H16N2O. The molecule has 1 aromatic rings. The summed E-state index contributed by atoms with van der Waals surface area (Å²) in [5, 5.41) is 13.3. The Labute approximate surface area is 84.2 Å². The van der Waals surface area contributed by atoms with Crippen molar-refractivity contribution >= 4 is 0 Å². The second-order valence-electron chi connectivity index (χ2n) is 3.76. The summed E-state index contributed by atoms with van der Waals surface area (Å²) in [5.74, 6) is 0. The molecule has 0 aromatic carbocycles. The number of piperidine rings is 1. The van der Waals surface area contributed by atoms with Crippen molar-refractivity contribution < 1.29 is 5.11 Å². The van der Waals surface area contributed by atoms with Crippen molar-refractivity contribution in [3.63, 3.8) is 0 Å². The van der Waals surface area contributed by atoms with Gasteiger partial charge in [0, 0.05) is 12.2 Å². The molecule has 1 fully saturated rings. The maximum atomic E-state index is 10.0. The Bertz CT molecular complexity index is 270. The van der Waals surface area contributed by atoms with Crippen LogP contribution in [0.15, 0.2) is 24.4 Å². The van der Waals surface area contributed by atoms with Gasteiger partial charge in [0.05, 0.1) is 5.69 Å². The van der Waals surface area contributed by atoms with Crippen LogP contribution in [0.5, 0.6) is 0 Å². The Morgan fingerprint density at radius 3 is 3.00 bits per heavy atom. The number of aliphatic hydroxyl groups is 1. The number of hydrogen-bond donors (Lipinski definition) is 2. The first-order valence-corrected chi connectivity index (χ1v) is 5.20. The van der Waals surface area contributed by atoms with Crippen LogP contribution in [0.4, 0.5) is 0 Å². The minimum absolute atomic E-state index is 0.179. The van der Waals surface area contributed by atoms with E-state index >= 15 is 0 Å². The average molecular weight is 192 g/mol. The van der Waals surface area contributed by atoms with E-state index in [1.807, 2.05) is 18.2 Å². The number of hydrogen-bond acceptors (Lipinski definition) is 3. The quantitative estimate of drug-likeness (QED) is 0.741. The van der Waals surface area contributed by atoms with Crippen molar-refractivity contribution in [2.24, 2.45) is 0 Å². The van der Waals surface area contributed by atoms with Crippen molar-refractivity contribution in [3.8, 4) is 0 Å².